The molecule has 0 atom stereocenters. The summed E-state index contributed by atoms with van der Waals surface area (Å²) in [7, 11) is 0. The van der Waals surface area contributed by atoms with E-state index >= 15 is 0 Å². The van der Waals surface area contributed by atoms with Crippen molar-refractivity contribution < 1.29 is 28.5 Å². The molecule has 0 saturated carbocycles. The second-order valence-corrected chi connectivity index (χ2v) is 2.75. The quantitative estimate of drug-likeness (QED) is 0.389. The maximum atomic E-state index is 12.3. The number of rotatable bonds is 2. The predicted molar refractivity (Wildman–Crippen MR) is 36.5 cm³/mol. The molecule has 6 heteroatoms. The SMILES string of the molecule is [2H]/C=C(\F)C(=O)OC(C)(C)C(F)(F)F. The molecule has 0 saturated heterocycles. The van der Waals surface area contributed by atoms with Gasteiger partial charge in [0.15, 0.2) is 0 Å². The molecule has 0 aromatic rings. The number of ether oxygens (including phenoxy) is 1. The van der Waals surface area contributed by atoms with E-state index in [0.717, 1.165) is 0 Å². The zero-order valence-electron chi connectivity index (χ0n) is 7.91. The summed E-state index contributed by atoms with van der Waals surface area (Å²) < 4.78 is 58.7. The number of esters is 1. The molecule has 0 radical (unpaired) electrons. The molecule has 76 valence electrons. The van der Waals surface area contributed by atoms with Crippen molar-refractivity contribution in [2.75, 3.05) is 0 Å². The van der Waals surface area contributed by atoms with Gasteiger partial charge in [0, 0.05) is 0 Å². The first kappa shape index (κ1) is 10.0. The lowest BCUT2D eigenvalue weighted by atomic mass is 10.1. The van der Waals surface area contributed by atoms with Crippen LogP contribution in [0, 0.1) is 0 Å². The minimum atomic E-state index is -4.79. The lowest BCUT2D eigenvalue weighted by Crippen LogP contribution is -2.43. The van der Waals surface area contributed by atoms with Crippen molar-refractivity contribution in [2.45, 2.75) is 25.6 Å². The van der Waals surface area contributed by atoms with Gasteiger partial charge in [0.25, 0.3) is 0 Å². The van der Waals surface area contributed by atoms with Gasteiger partial charge in [0.05, 0.1) is 1.37 Å². The van der Waals surface area contributed by atoms with Crippen molar-refractivity contribution >= 4 is 5.97 Å². The molecule has 13 heavy (non-hydrogen) atoms. The summed E-state index contributed by atoms with van der Waals surface area (Å²) in [5.74, 6) is -3.48. The maximum absolute atomic E-state index is 12.3. The van der Waals surface area contributed by atoms with E-state index in [9.17, 15) is 22.4 Å². The number of alkyl halides is 3. The maximum Gasteiger partial charge on any atom is 0.427 e. The Hall–Kier alpha value is -1.07. The molecule has 0 fully saturated rings. The summed E-state index contributed by atoms with van der Waals surface area (Å²) in [4.78, 5) is 10.6. The molecule has 0 bridgehead atoms. The fourth-order valence-corrected chi connectivity index (χ4v) is 0.338. The van der Waals surface area contributed by atoms with Gasteiger partial charge in [-0.3, -0.25) is 0 Å². The summed E-state index contributed by atoms with van der Waals surface area (Å²) in [6, 6.07) is 0. The summed E-state index contributed by atoms with van der Waals surface area (Å²) in [5, 5.41) is 0. The zero-order chi connectivity index (χ0) is 11.6. The van der Waals surface area contributed by atoms with Crippen molar-refractivity contribution in [1.29, 1.82) is 0 Å². The van der Waals surface area contributed by atoms with Crippen molar-refractivity contribution in [3.05, 3.63) is 12.4 Å². The summed E-state index contributed by atoms with van der Waals surface area (Å²) in [6.07, 6.45) is -4.79. The molecule has 0 spiro atoms. The Bertz CT molecular complexity index is 257. The molecule has 0 heterocycles. The fourth-order valence-electron chi connectivity index (χ4n) is 0.338. The monoisotopic (exact) mass is 201 g/mol. The first-order valence-corrected chi connectivity index (χ1v) is 3.16. The summed E-state index contributed by atoms with van der Waals surface area (Å²) in [5.41, 5.74) is -2.77. The van der Waals surface area contributed by atoms with E-state index in [-0.39, 0.29) is 6.55 Å². The summed E-state index contributed by atoms with van der Waals surface area (Å²) in [6.45, 7) is 1.15. The molecule has 0 aromatic carbocycles. The minimum absolute atomic E-state index is 0.0191. The fraction of sp³-hybridized carbons (Fsp3) is 0.571. The van der Waals surface area contributed by atoms with Gasteiger partial charge in [0.2, 0.25) is 11.4 Å². The number of halogens is 4. The average Bonchev–Trinajstić information content (AvgIpc) is 2.00. The van der Waals surface area contributed by atoms with E-state index in [1.807, 2.05) is 0 Å². The van der Waals surface area contributed by atoms with E-state index in [0.29, 0.717) is 13.8 Å². The van der Waals surface area contributed by atoms with Gasteiger partial charge in [0.1, 0.15) is 0 Å². The second-order valence-electron chi connectivity index (χ2n) is 2.75. The molecule has 0 aliphatic carbocycles. The van der Waals surface area contributed by atoms with Crippen LogP contribution in [0.5, 0.6) is 0 Å². The van der Waals surface area contributed by atoms with Crippen LogP contribution in [0.2, 0.25) is 0 Å². The lowest BCUT2D eigenvalue weighted by Gasteiger charge is -2.26. The third-order valence-corrected chi connectivity index (χ3v) is 1.23. The van der Waals surface area contributed by atoms with Crippen molar-refractivity contribution in [1.82, 2.24) is 0 Å². The Morgan fingerprint density at radius 3 is 2.23 bits per heavy atom. The highest BCUT2D eigenvalue weighted by Crippen LogP contribution is 2.33. The molecule has 0 amide bonds. The van der Waals surface area contributed by atoms with Crippen LogP contribution in [-0.2, 0) is 9.53 Å². The highest BCUT2D eigenvalue weighted by atomic mass is 19.4. The van der Waals surface area contributed by atoms with Crippen LogP contribution in [-0.4, -0.2) is 17.7 Å². The highest BCUT2D eigenvalue weighted by molar-refractivity contribution is 5.85. The minimum Gasteiger partial charge on any atom is -0.445 e. The summed E-state index contributed by atoms with van der Waals surface area (Å²) >= 11 is 0. The normalized spacial score (nSPS) is 15.2. The molecule has 2 nitrogen and oxygen atoms in total. The van der Waals surface area contributed by atoms with Gasteiger partial charge in [-0.15, -0.1) is 0 Å². The van der Waals surface area contributed by atoms with Gasteiger partial charge >= 0.3 is 12.1 Å². The van der Waals surface area contributed by atoms with E-state index in [2.05, 4.69) is 4.74 Å². The Morgan fingerprint density at radius 2 is 1.92 bits per heavy atom. The van der Waals surface area contributed by atoms with Crippen molar-refractivity contribution in [2.24, 2.45) is 0 Å². The average molecular weight is 201 g/mol. The van der Waals surface area contributed by atoms with Crippen LogP contribution >= 0.6 is 0 Å². The van der Waals surface area contributed by atoms with Crippen LogP contribution in [0.15, 0.2) is 12.4 Å². The molecule has 0 rings (SSSR count). The van der Waals surface area contributed by atoms with Crippen LogP contribution < -0.4 is 0 Å². The van der Waals surface area contributed by atoms with Crippen LogP contribution in [0.25, 0.3) is 0 Å². The van der Waals surface area contributed by atoms with Gasteiger partial charge in [-0.25, -0.2) is 4.79 Å². The zero-order valence-corrected chi connectivity index (χ0v) is 6.91. The Balaban J connectivity index is 4.62. The molecular formula is C7H8F4O2. The van der Waals surface area contributed by atoms with Gasteiger partial charge in [-0.2, -0.15) is 17.6 Å². The Morgan fingerprint density at radius 1 is 1.46 bits per heavy atom. The topological polar surface area (TPSA) is 26.3 Å². The first-order valence-electron chi connectivity index (χ1n) is 3.73. The number of hydrogen-bond donors (Lipinski definition) is 0. The highest BCUT2D eigenvalue weighted by Gasteiger charge is 2.51. The lowest BCUT2D eigenvalue weighted by molar-refractivity contribution is -0.256. The van der Waals surface area contributed by atoms with Gasteiger partial charge < -0.3 is 4.74 Å². The molecule has 0 N–H and O–H groups in total. The third kappa shape index (κ3) is 3.04. The smallest absolute Gasteiger partial charge is 0.427 e. The number of carbonyl (C=O) groups excluding carboxylic acids is 1. The first-order chi connectivity index (χ1) is 6.12. The predicted octanol–water partition coefficient (Wildman–Crippen LogP) is 2.35. The molecule has 0 aromatic heterocycles. The van der Waals surface area contributed by atoms with E-state index in [4.69, 9.17) is 1.37 Å². The number of carbonyl (C=O) groups is 1. The van der Waals surface area contributed by atoms with Gasteiger partial charge in [-0.1, -0.05) is 6.55 Å². The molecule has 0 aliphatic heterocycles. The van der Waals surface area contributed by atoms with E-state index < -0.39 is 23.6 Å². The standard InChI is InChI=1S/C7H8F4O2/c1-4(8)5(12)13-6(2,3)7(9,10)11/h1H2,2-3H3/i1D/b4-1-. The van der Waals surface area contributed by atoms with Crippen LogP contribution in [0.4, 0.5) is 17.6 Å². The van der Waals surface area contributed by atoms with Crippen molar-refractivity contribution in [3.63, 3.8) is 0 Å². The van der Waals surface area contributed by atoms with E-state index in [1.54, 1.807) is 0 Å². The Labute approximate surface area is 73.6 Å². The van der Waals surface area contributed by atoms with Crippen molar-refractivity contribution in [3.8, 4) is 0 Å². The second kappa shape index (κ2) is 3.35. The molecule has 0 aliphatic rings. The number of hydrogen-bond acceptors (Lipinski definition) is 2. The molecular weight excluding hydrogens is 192 g/mol. The van der Waals surface area contributed by atoms with Crippen LogP contribution in [0.1, 0.15) is 15.2 Å². The molecule has 0 unspecified atom stereocenters. The van der Waals surface area contributed by atoms with Gasteiger partial charge in [-0.05, 0) is 13.8 Å². The van der Waals surface area contributed by atoms with Crippen LogP contribution in [0.3, 0.4) is 0 Å². The Kier molecular flexibility index (Phi) is 2.58. The third-order valence-electron chi connectivity index (χ3n) is 1.23. The van der Waals surface area contributed by atoms with E-state index in [1.165, 1.54) is 0 Å². The largest absolute Gasteiger partial charge is 0.445 e.